The first-order chi connectivity index (χ1) is 4.59. The molecule has 1 N–H and O–H groups in total. The zero-order valence-corrected chi connectivity index (χ0v) is 5.83. The summed E-state index contributed by atoms with van der Waals surface area (Å²) in [4.78, 5) is 20.8. The third kappa shape index (κ3) is 2.44. The molecular weight excluding hydrogens is 132 g/mol. The number of ketones is 1. The fourth-order valence-corrected chi connectivity index (χ4v) is 0.607. The fraction of sp³-hybridized carbons (Fsp3) is 0.429. The van der Waals surface area contributed by atoms with Crippen LogP contribution in [0.5, 0.6) is 0 Å². The van der Waals surface area contributed by atoms with Gasteiger partial charge in [0.2, 0.25) is 0 Å². The molecule has 0 aliphatic heterocycles. The maximum atomic E-state index is 10.5. The highest BCUT2D eigenvalue weighted by Crippen LogP contribution is 2.04. The van der Waals surface area contributed by atoms with Crippen molar-refractivity contribution in [2.75, 3.05) is 0 Å². The number of Topliss-reactive ketones (excluding diaryl/α,β-unsaturated/α-hetero) is 1. The second-order valence-electron chi connectivity index (χ2n) is 2.03. The Morgan fingerprint density at radius 2 is 2.20 bits per heavy atom. The summed E-state index contributed by atoms with van der Waals surface area (Å²) in [6, 6.07) is 0. The van der Waals surface area contributed by atoms with Crippen molar-refractivity contribution in [3.8, 4) is 0 Å². The number of allylic oxidation sites excluding steroid dienone is 1. The highest BCUT2D eigenvalue weighted by Gasteiger charge is 2.19. The molecule has 0 amide bonds. The molecule has 0 heterocycles. The van der Waals surface area contributed by atoms with Crippen molar-refractivity contribution in [3.63, 3.8) is 0 Å². The summed E-state index contributed by atoms with van der Waals surface area (Å²) in [7, 11) is 0. The number of hydrogen-bond acceptors (Lipinski definition) is 2. The molecule has 0 aliphatic rings. The second kappa shape index (κ2) is 3.82. The first kappa shape index (κ1) is 8.88. The Bertz CT molecular complexity index is 146. The Labute approximate surface area is 59.4 Å². The molecule has 0 rings (SSSR count). The van der Waals surface area contributed by atoms with Crippen molar-refractivity contribution in [2.24, 2.45) is 5.92 Å². The molecule has 0 spiro atoms. The standard InChI is InChI=1S/C7H10O3/c1-3-4-6(5(2)8)7(9)10/h3,6H,1,4H2,2H3,(H,9,10)/t6-/m1/s1. The van der Waals surface area contributed by atoms with Gasteiger partial charge < -0.3 is 5.11 Å². The maximum absolute atomic E-state index is 10.5. The lowest BCUT2D eigenvalue weighted by molar-refractivity contribution is -0.145. The zero-order chi connectivity index (χ0) is 8.15. The lowest BCUT2D eigenvalue weighted by Crippen LogP contribution is -2.20. The molecule has 0 aliphatic carbocycles. The summed E-state index contributed by atoms with van der Waals surface area (Å²) in [6.45, 7) is 4.62. The molecule has 0 aromatic rings. The Hall–Kier alpha value is -1.12. The van der Waals surface area contributed by atoms with Crippen molar-refractivity contribution in [3.05, 3.63) is 12.7 Å². The van der Waals surface area contributed by atoms with Crippen LogP contribution < -0.4 is 0 Å². The molecule has 0 aromatic carbocycles. The van der Waals surface area contributed by atoms with Crippen LogP contribution in [-0.4, -0.2) is 16.9 Å². The van der Waals surface area contributed by atoms with E-state index >= 15 is 0 Å². The smallest absolute Gasteiger partial charge is 0.314 e. The quantitative estimate of drug-likeness (QED) is 0.467. The van der Waals surface area contributed by atoms with Crippen LogP contribution in [0.25, 0.3) is 0 Å². The van der Waals surface area contributed by atoms with Gasteiger partial charge in [0.25, 0.3) is 0 Å². The van der Waals surface area contributed by atoms with E-state index in [1.165, 1.54) is 13.0 Å². The normalized spacial score (nSPS) is 12.1. The maximum Gasteiger partial charge on any atom is 0.314 e. The van der Waals surface area contributed by atoms with Gasteiger partial charge in [-0.2, -0.15) is 0 Å². The number of carboxylic acids is 1. The molecule has 0 saturated heterocycles. The Morgan fingerprint density at radius 1 is 1.70 bits per heavy atom. The van der Waals surface area contributed by atoms with Gasteiger partial charge in [-0.05, 0) is 13.3 Å². The van der Waals surface area contributed by atoms with E-state index in [2.05, 4.69) is 6.58 Å². The number of aliphatic carboxylic acids is 1. The van der Waals surface area contributed by atoms with Crippen LogP contribution in [0.15, 0.2) is 12.7 Å². The molecule has 3 heteroatoms. The average molecular weight is 142 g/mol. The van der Waals surface area contributed by atoms with E-state index in [4.69, 9.17) is 5.11 Å². The minimum atomic E-state index is -1.08. The van der Waals surface area contributed by atoms with Crippen molar-refractivity contribution in [2.45, 2.75) is 13.3 Å². The van der Waals surface area contributed by atoms with Gasteiger partial charge in [0.05, 0.1) is 0 Å². The first-order valence-electron chi connectivity index (χ1n) is 2.93. The summed E-state index contributed by atoms with van der Waals surface area (Å²) < 4.78 is 0. The van der Waals surface area contributed by atoms with Crippen molar-refractivity contribution < 1.29 is 14.7 Å². The summed E-state index contributed by atoms with van der Waals surface area (Å²) in [6.07, 6.45) is 1.64. The number of hydrogen-bond donors (Lipinski definition) is 1. The molecular formula is C7H10O3. The van der Waals surface area contributed by atoms with E-state index < -0.39 is 11.9 Å². The van der Waals surface area contributed by atoms with Gasteiger partial charge in [-0.15, -0.1) is 6.58 Å². The van der Waals surface area contributed by atoms with Gasteiger partial charge in [0.15, 0.2) is 0 Å². The highest BCUT2D eigenvalue weighted by molar-refractivity contribution is 5.96. The predicted molar refractivity (Wildman–Crippen MR) is 36.6 cm³/mol. The zero-order valence-electron chi connectivity index (χ0n) is 5.83. The van der Waals surface area contributed by atoms with Gasteiger partial charge in [0, 0.05) is 0 Å². The monoisotopic (exact) mass is 142 g/mol. The van der Waals surface area contributed by atoms with Gasteiger partial charge in [-0.25, -0.2) is 0 Å². The third-order valence-corrected chi connectivity index (χ3v) is 1.19. The topological polar surface area (TPSA) is 54.4 Å². The van der Waals surface area contributed by atoms with E-state index in [1.807, 2.05) is 0 Å². The van der Waals surface area contributed by atoms with Crippen LogP contribution in [0.2, 0.25) is 0 Å². The molecule has 0 bridgehead atoms. The molecule has 0 fully saturated rings. The van der Waals surface area contributed by atoms with Crippen molar-refractivity contribution in [1.29, 1.82) is 0 Å². The Kier molecular flexibility index (Phi) is 3.39. The van der Waals surface area contributed by atoms with Crippen LogP contribution in [0, 0.1) is 5.92 Å². The molecule has 0 saturated carbocycles. The van der Waals surface area contributed by atoms with Crippen LogP contribution in [0.1, 0.15) is 13.3 Å². The van der Waals surface area contributed by atoms with Crippen molar-refractivity contribution in [1.82, 2.24) is 0 Å². The molecule has 56 valence electrons. The Balaban J connectivity index is 4.11. The highest BCUT2D eigenvalue weighted by atomic mass is 16.4. The van der Waals surface area contributed by atoms with E-state index in [0.717, 1.165) is 0 Å². The van der Waals surface area contributed by atoms with E-state index in [1.54, 1.807) is 0 Å². The van der Waals surface area contributed by atoms with Gasteiger partial charge in [-0.3, -0.25) is 9.59 Å². The summed E-state index contributed by atoms with van der Waals surface area (Å²) >= 11 is 0. The van der Waals surface area contributed by atoms with E-state index in [-0.39, 0.29) is 12.2 Å². The number of rotatable bonds is 4. The third-order valence-electron chi connectivity index (χ3n) is 1.19. The minimum absolute atomic E-state index is 0.213. The predicted octanol–water partition coefficient (Wildman–Crippen LogP) is 0.852. The van der Waals surface area contributed by atoms with Crippen LogP contribution in [-0.2, 0) is 9.59 Å². The van der Waals surface area contributed by atoms with Gasteiger partial charge in [-0.1, -0.05) is 6.08 Å². The van der Waals surface area contributed by atoms with Crippen LogP contribution in [0.4, 0.5) is 0 Å². The minimum Gasteiger partial charge on any atom is -0.481 e. The fourth-order valence-electron chi connectivity index (χ4n) is 0.607. The number of carboxylic acid groups (broad SMARTS) is 1. The molecule has 0 radical (unpaired) electrons. The molecule has 0 aromatic heterocycles. The van der Waals surface area contributed by atoms with E-state index in [0.29, 0.717) is 0 Å². The summed E-state index contributed by atoms with van der Waals surface area (Å²) in [5, 5.41) is 8.41. The SMILES string of the molecule is C=CC[C@H](C(C)=O)C(=O)O. The summed E-state index contributed by atoms with van der Waals surface area (Å²) in [5.74, 6) is -2.31. The van der Waals surface area contributed by atoms with Crippen LogP contribution in [0.3, 0.4) is 0 Å². The number of carbonyl (C=O) groups is 2. The van der Waals surface area contributed by atoms with E-state index in [9.17, 15) is 9.59 Å². The molecule has 10 heavy (non-hydrogen) atoms. The van der Waals surface area contributed by atoms with Gasteiger partial charge >= 0.3 is 5.97 Å². The molecule has 1 atom stereocenters. The largest absolute Gasteiger partial charge is 0.481 e. The van der Waals surface area contributed by atoms with Gasteiger partial charge in [0.1, 0.15) is 11.7 Å². The first-order valence-corrected chi connectivity index (χ1v) is 2.93. The molecule has 3 nitrogen and oxygen atoms in total. The van der Waals surface area contributed by atoms with Crippen molar-refractivity contribution >= 4 is 11.8 Å². The molecule has 0 unspecified atom stereocenters. The van der Waals surface area contributed by atoms with Crippen LogP contribution >= 0.6 is 0 Å². The second-order valence-corrected chi connectivity index (χ2v) is 2.03. The number of carbonyl (C=O) groups excluding carboxylic acids is 1. The lowest BCUT2D eigenvalue weighted by atomic mass is 10.0. The average Bonchev–Trinajstić information content (AvgIpc) is 1.81. The summed E-state index contributed by atoms with van der Waals surface area (Å²) in [5.41, 5.74) is 0. The Morgan fingerprint density at radius 3 is 2.30 bits per heavy atom. The lowest BCUT2D eigenvalue weighted by Gasteiger charge is -2.02.